The molecule has 1 aromatic rings. The molecule has 0 aliphatic heterocycles. The maximum atomic E-state index is 9.11. The summed E-state index contributed by atoms with van der Waals surface area (Å²) in [4.78, 5) is 0. The Balaban J connectivity index is 0.000000922. The van der Waals surface area contributed by atoms with Gasteiger partial charge in [0.15, 0.2) is 0 Å². The van der Waals surface area contributed by atoms with Crippen molar-refractivity contribution in [2.45, 2.75) is 40.5 Å². The molecule has 0 saturated carbocycles. The fourth-order valence-corrected chi connectivity index (χ4v) is 4.70. The van der Waals surface area contributed by atoms with Crippen molar-refractivity contribution in [2.24, 2.45) is 0 Å². The minimum Gasteiger partial charge on any atom is -0.370 e. The average Bonchev–Trinajstić information content (AvgIpc) is 2.47. The number of hydrogen-bond acceptors (Lipinski definition) is 5. The lowest BCUT2D eigenvalue weighted by molar-refractivity contribution is 0.0859. The molecule has 2 N–H and O–H groups in total. The van der Waals surface area contributed by atoms with Crippen LogP contribution in [0.2, 0.25) is 0 Å². The van der Waals surface area contributed by atoms with Crippen LogP contribution < -0.4 is 5.19 Å². The van der Waals surface area contributed by atoms with Crippen LogP contribution >= 0.6 is 0 Å². The predicted octanol–water partition coefficient (Wildman–Crippen LogP) is 2.57. The van der Waals surface area contributed by atoms with Crippen molar-refractivity contribution >= 4 is 34.2 Å². The van der Waals surface area contributed by atoms with Gasteiger partial charge in [-0.1, -0.05) is 37.6 Å². The summed E-state index contributed by atoms with van der Waals surface area (Å²) in [5.41, 5.74) is 1.32. The fourth-order valence-electron chi connectivity index (χ4n) is 2.15. The fraction of sp³-hybridized carbons (Fsp3) is 0.600. The Bertz CT molecular complexity index is 540. The number of benzene rings is 1. The zero-order valence-electron chi connectivity index (χ0n) is 14.7. The van der Waals surface area contributed by atoms with Crippen LogP contribution in [0.1, 0.15) is 39.7 Å². The molecule has 0 fully saturated rings. The Hall–Kier alpha value is -0.393. The van der Waals surface area contributed by atoms with Crippen LogP contribution in [0.3, 0.4) is 0 Å². The highest BCUT2D eigenvalue weighted by molar-refractivity contribution is 8.26. The maximum Gasteiger partial charge on any atom is 0.537 e. The van der Waals surface area contributed by atoms with E-state index in [4.69, 9.17) is 26.6 Å². The largest absolute Gasteiger partial charge is 0.537 e. The van der Waals surface area contributed by atoms with Crippen LogP contribution in [0.5, 0.6) is 0 Å². The Kier molecular flexibility index (Phi) is 11.8. The van der Waals surface area contributed by atoms with Crippen LogP contribution in [0.15, 0.2) is 24.3 Å². The van der Waals surface area contributed by atoms with Crippen molar-refractivity contribution in [3.8, 4) is 0 Å². The van der Waals surface area contributed by atoms with Crippen LogP contribution in [0.25, 0.3) is 0 Å². The molecule has 24 heavy (non-hydrogen) atoms. The van der Waals surface area contributed by atoms with E-state index in [0.717, 1.165) is 18.0 Å². The zero-order valence-corrected chi connectivity index (χ0v) is 17.3. The van der Waals surface area contributed by atoms with Gasteiger partial charge in [-0.2, -0.15) is 4.21 Å². The normalized spacial score (nSPS) is 11.8. The molecule has 0 aliphatic carbocycles. The summed E-state index contributed by atoms with van der Waals surface area (Å²) in [6.45, 7) is 9.94. The van der Waals surface area contributed by atoms with E-state index in [-0.39, 0.29) is 0 Å². The second-order valence-corrected chi connectivity index (χ2v) is 9.51. The molecule has 140 valence electrons. The smallest absolute Gasteiger partial charge is 0.370 e. The van der Waals surface area contributed by atoms with Crippen molar-refractivity contribution in [2.75, 3.05) is 19.8 Å². The Labute approximate surface area is 151 Å². The van der Waals surface area contributed by atoms with Crippen molar-refractivity contribution < 1.29 is 26.6 Å². The highest BCUT2D eigenvalue weighted by Gasteiger charge is 2.43. The maximum absolute atomic E-state index is 9.11. The molecule has 6 nitrogen and oxygen atoms in total. The first-order valence-electron chi connectivity index (χ1n) is 7.93. The molecule has 1 rings (SSSR count). The molecule has 0 heterocycles. The second-order valence-electron chi connectivity index (χ2n) is 4.75. The number of aryl methyl sites for hydroxylation is 1. The lowest BCUT2D eigenvalue weighted by Crippen LogP contribution is -2.57. The van der Waals surface area contributed by atoms with Gasteiger partial charge in [0.05, 0.1) is 0 Å². The molecule has 0 saturated heterocycles. The van der Waals surface area contributed by atoms with Gasteiger partial charge in [-0.15, -0.1) is 0 Å². The summed E-state index contributed by atoms with van der Waals surface area (Å²) < 4.78 is 41.7. The number of rotatable bonds is 9. The molecular weight excluding hydrogens is 368 g/mol. The summed E-state index contributed by atoms with van der Waals surface area (Å²) in [5, 5.41) is 1.07. The van der Waals surface area contributed by atoms with E-state index in [1.54, 1.807) is 0 Å². The molecule has 0 bridgehead atoms. The summed E-state index contributed by atoms with van der Waals surface area (Å²) in [5.74, 6) is 0. The molecule has 0 aliphatic rings. The van der Waals surface area contributed by atoms with E-state index in [2.05, 4.69) is 42.4 Å². The summed E-state index contributed by atoms with van der Waals surface area (Å²) in [6, 6.07) is 8.46. The van der Waals surface area contributed by atoms with E-state index in [0.29, 0.717) is 19.8 Å². The minimum atomic E-state index is -3.83. The molecule has 0 amide bonds. The molecule has 0 radical (unpaired) electrons. The third-order valence-electron chi connectivity index (χ3n) is 2.82. The van der Waals surface area contributed by atoms with E-state index < -0.39 is 17.9 Å². The van der Waals surface area contributed by atoms with Gasteiger partial charge in [-0.25, -0.2) is 0 Å². The lowest BCUT2D eigenvalue weighted by atomic mass is 10.1. The topological polar surface area (TPSA) is 85.2 Å². The van der Waals surface area contributed by atoms with Crippen LogP contribution in [0.4, 0.5) is 0 Å². The van der Waals surface area contributed by atoms with E-state index in [1.165, 1.54) is 5.56 Å². The molecule has 9 heteroatoms. The summed E-state index contributed by atoms with van der Waals surface area (Å²) in [7, 11) is -6.57. The Morgan fingerprint density at radius 2 is 1.50 bits per heavy atom. The third-order valence-corrected chi connectivity index (χ3v) is 5.85. The van der Waals surface area contributed by atoms with Crippen molar-refractivity contribution in [1.82, 2.24) is 0 Å². The van der Waals surface area contributed by atoms with Gasteiger partial charge in [0, 0.05) is 36.2 Å². The Morgan fingerprint density at radius 3 is 1.88 bits per heavy atom. The van der Waals surface area contributed by atoms with Crippen LogP contribution in [-0.2, 0) is 39.9 Å². The third kappa shape index (κ3) is 9.79. The molecule has 0 aromatic heterocycles. The average molecular weight is 397 g/mol. The van der Waals surface area contributed by atoms with Gasteiger partial charge in [0.1, 0.15) is 0 Å². The van der Waals surface area contributed by atoms with Crippen LogP contribution in [-0.4, -0.2) is 41.9 Å². The zero-order chi connectivity index (χ0) is 18.6. The van der Waals surface area contributed by atoms with E-state index in [1.807, 2.05) is 20.8 Å². The van der Waals surface area contributed by atoms with Crippen molar-refractivity contribution in [3.63, 3.8) is 0 Å². The minimum absolute atomic E-state index is 0.601. The van der Waals surface area contributed by atoms with Gasteiger partial charge in [0.2, 0.25) is 0 Å². The standard InChI is InChI=1S/C15H26O3Si.H2O3S2/c1-5-10-14-11-9-12-15(13-14)19(16-6-2,17-7-3)18-8-4;1-5(2,3)4/h9,11-13H,5-8,10H2,1-4H3;(H2,1,2,3,4). The summed E-state index contributed by atoms with van der Waals surface area (Å²) >= 11 is 3.47. The highest BCUT2D eigenvalue weighted by Crippen LogP contribution is 2.13. The van der Waals surface area contributed by atoms with Gasteiger partial charge in [0.25, 0.3) is 9.05 Å². The van der Waals surface area contributed by atoms with Gasteiger partial charge in [-0.05, 0) is 32.8 Å². The van der Waals surface area contributed by atoms with Gasteiger partial charge >= 0.3 is 8.80 Å². The second kappa shape index (κ2) is 12.0. The predicted molar refractivity (Wildman–Crippen MR) is 101 cm³/mol. The molecule has 0 unspecified atom stereocenters. The lowest BCUT2D eigenvalue weighted by Gasteiger charge is -2.28. The highest BCUT2D eigenvalue weighted by atomic mass is 32.9. The van der Waals surface area contributed by atoms with E-state index >= 15 is 0 Å². The van der Waals surface area contributed by atoms with E-state index in [9.17, 15) is 0 Å². The van der Waals surface area contributed by atoms with Crippen molar-refractivity contribution in [1.29, 1.82) is 0 Å². The summed E-state index contributed by atoms with van der Waals surface area (Å²) in [6.07, 6.45) is 2.21. The van der Waals surface area contributed by atoms with Gasteiger partial charge in [-0.3, -0.25) is 9.11 Å². The SMILES string of the molecule is CCCc1cccc([Si](OCC)(OCC)OCC)c1.O=S(O)(O)=S. The van der Waals surface area contributed by atoms with Gasteiger partial charge < -0.3 is 13.3 Å². The Morgan fingerprint density at radius 1 is 1.04 bits per heavy atom. The van der Waals surface area contributed by atoms with Crippen molar-refractivity contribution in [3.05, 3.63) is 29.8 Å². The monoisotopic (exact) mass is 396 g/mol. The first kappa shape index (κ1) is 23.6. The quantitative estimate of drug-likeness (QED) is 0.621. The number of hydrogen-bond donors (Lipinski definition) is 2. The first-order valence-corrected chi connectivity index (χ1v) is 12.1. The first-order chi connectivity index (χ1) is 11.2. The molecule has 0 atom stereocenters. The molecular formula is C15H28O6S2Si. The van der Waals surface area contributed by atoms with Crippen LogP contribution in [0, 0.1) is 0 Å². The molecule has 0 spiro atoms. The molecule has 1 aromatic carbocycles.